The molecule has 3 aromatic rings. The second-order valence-corrected chi connectivity index (χ2v) is 6.90. The fraction of sp³-hybridized carbons (Fsp3) is 0.267. The van der Waals surface area contributed by atoms with E-state index in [1.807, 2.05) is 12.1 Å². The second kappa shape index (κ2) is 4.66. The largest absolute Gasteiger partial charge is 0.383 e. The Bertz CT molecular complexity index is 856. The first-order valence-corrected chi connectivity index (χ1v) is 7.43. The van der Waals surface area contributed by atoms with Gasteiger partial charge in [0.1, 0.15) is 10.8 Å². The fourth-order valence-electron chi connectivity index (χ4n) is 2.07. The minimum atomic E-state index is -0.342. The van der Waals surface area contributed by atoms with Crippen LogP contribution in [0.2, 0.25) is 0 Å². The minimum Gasteiger partial charge on any atom is -0.383 e. The molecule has 0 radical (unpaired) electrons. The molecule has 108 valence electrons. The Labute approximate surface area is 126 Å². The van der Waals surface area contributed by atoms with Gasteiger partial charge in [0, 0.05) is 11.6 Å². The maximum absolute atomic E-state index is 11.4. The Hall–Kier alpha value is -2.21. The third kappa shape index (κ3) is 2.54. The van der Waals surface area contributed by atoms with Crippen LogP contribution in [0.15, 0.2) is 35.1 Å². The van der Waals surface area contributed by atoms with E-state index in [4.69, 9.17) is 5.73 Å². The van der Waals surface area contributed by atoms with Gasteiger partial charge in [-0.25, -0.2) is 0 Å². The molecule has 3 rings (SSSR count). The van der Waals surface area contributed by atoms with E-state index >= 15 is 0 Å². The zero-order valence-electron chi connectivity index (χ0n) is 12.1. The average molecular weight is 300 g/mol. The van der Waals surface area contributed by atoms with Crippen LogP contribution in [0.4, 0.5) is 5.82 Å². The van der Waals surface area contributed by atoms with Crippen molar-refractivity contribution < 1.29 is 0 Å². The summed E-state index contributed by atoms with van der Waals surface area (Å²) in [6.45, 7) is 6.53. The normalized spacial score (nSPS) is 12.0. The lowest BCUT2D eigenvalue weighted by Gasteiger charge is -2.18. The first kappa shape index (κ1) is 13.8. The third-order valence-corrected chi connectivity index (χ3v) is 4.24. The highest BCUT2D eigenvalue weighted by atomic mass is 32.1. The average Bonchev–Trinajstić information content (AvgIpc) is 2.82. The molecule has 2 N–H and O–H groups in total. The topological polar surface area (TPSA) is 73.3 Å². The molecule has 0 saturated heterocycles. The highest BCUT2D eigenvalue weighted by molar-refractivity contribution is 7.19. The number of hydrogen-bond acceptors (Lipinski definition) is 5. The molecule has 2 aromatic heterocycles. The molecule has 0 bridgehead atoms. The monoisotopic (exact) mass is 300 g/mol. The lowest BCUT2D eigenvalue weighted by molar-refractivity contribution is 0.590. The molecule has 0 unspecified atom stereocenters. The van der Waals surface area contributed by atoms with E-state index in [9.17, 15) is 4.79 Å². The standard InChI is InChI=1S/C15H16N4OS/c1-15(2,3)10-6-4-9(5-7-10)13-18-19-11(16)8-12(20)17-14(19)21-13/h4-8H,16H2,1-3H3. The molecule has 0 aliphatic heterocycles. The molecule has 0 fully saturated rings. The predicted octanol–water partition coefficient (Wildman–Crippen LogP) is 2.70. The summed E-state index contributed by atoms with van der Waals surface area (Å²) in [5.74, 6) is 0.304. The van der Waals surface area contributed by atoms with Crippen LogP contribution in [-0.4, -0.2) is 14.6 Å². The highest BCUT2D eigenvalue weighted by Crippen LogP contribution is 2.28. The van der Waals surface area contributed by atoms with Crippen molar-refractivity contribution >= 4 is 22.1 Å². The molecule has 2 heterocycles. The molecule has 5 nitrogen and oxygen atoms in total. The number of nitrogens with two attached hydrogens (primary N) is 1. The molecule has 1 aromatic carbocycles. The summed E-state index contributed by atoms with van der Waals surface area (Å²) in [6.07, 6.45) is 0. The second-order valence-electron chi connectivity index (χ2n) is 5.95. The summed E-state index contributed by atoms with van der Waals surface area (Å²) < 4.78 is 1.50. The molecule has 0 aliphatic carbocycles. The maximum atomic E-state index is 11.4. The molecule has 6 heteroatoms. The van der Waals surface area contributed by atoms with E-state index in [1.54, 1.807) is 0 Å². The van der Waals surface area contributed by atoms with E-state index in [1.165, 1.54) is 27.5 Å². The maximum Gasteiger partial charge on any atom is 0.276 e. The Kier molecular flexibility index (Phi) is 3.06. The number of benzene rings is 1. The Morgan fingerprint density at radius 3 is 2.48 bits per heavy atom. The van der Waals surface area contributed by atoms with Crippen LogP contribution < -0.4 is 11.3 Å². The van der Waals surface area contributed by atoms with Gasteiger partial charge in [-0.1, -0.05) is 56.4 Å². The smallest absolute Gasteiger partial charge is 0.276 e. The number of nitrogens with zero attached hydrogens (tertiary/aromatic N) is 3. The Morgan fingerprint density at radius 1 is 1.19 bits per heavy atom. The van der Waals surface area contributed by atoms with Gasteiger partial charge in [0.05, 0.1) is 0 Å². The van der Waals surface area contributed by atoms with Crippen molar-refractivity contribution in [2.24, 2.45) is 0 Å². The van der Waals surface area contributed by atoms with Gasteiger partial charge in [0.2, 0.25) is 4.96 Å². The molecule has 0 aliphatic rings. The molecule has 0 amide bonds. The van der Waals surface area contributed by atoms with Gasteiger partial charge in [-0.05, 0) is 11.0 Å². The Balaban J connectivity index is 2.08. The van der Waals surface area contributed by atoms with Gasteiger partial charge in [-0.15, -0.1) is 0 Å². The van der Waals surface area contributed by atoms with Crippen LogP contribution in [-0.2, 0) is 5.41 Å². The molecule has 0 saturated carbocycles. The van der Waals surface area contributed by atoms with Crippen molar-refractivity contribution in [3.8, 4) is 10.6 Å². The number of aromatic nitrogens is 3. The van der Waals surface area contributed by atoms with Crippen LogP contribution in [0.25, 0.3) is 15.5 Å². The summed E-state index contributed by atoms with van der Waals surface area (Å²) in [7, 11) is 0. The van der Waals surface area contributed by atoms with E-state index in [0.29, 0.717) is 10.8 Å². The number of anilines is 1. The van der Waals surface area contributed by atoms with Gasteiger partial charge >= 0.3 is 0 Å². The van der Waals surface area contributed by atoms with Crippen LogP contribution in [0.5, 0.6) is 0 Å². The van der Waals surface area contributed by atoms with Gasteiger partial charge in [-0.3, -0.25) is 4.79 Å². The van der Waals surface area contributed by atoms with Crippen LogP contribution in [0.3, 0.4) is 0 Å². The zero-order valence-corrected chi connectivity index (χ0v) is 12.9. The third-order valence-electron chi connectivity index (χ3n) is 3.28. The Morgan fingerprint density at radius 2 is 1.86 bits per heavy atom. The predicted molar refractivity (Wildman–Crippen MR) is 85.7 cm³/mol. The lowest BCUT2D eigenvalue weighted by atomic mass is 9.87. The summed E-state index contributed by atoms with van der Waals surface area (Å²) in [6, 6.07) is 9.54. The van der Waals surface area contributed by atoms with E-state index in [0.717, 1.165) is 10.6 Å². The zero-order chi connectivity index (χ0) is 15.2. The van der Waals surface area contributed by atoms with Crippen molar-refractivity contribution in [2.45, 2.75) is 26.2 Å². The quantitative estimate of drug-likeness (QED) is 0.750. The molecule has 0 atom stereocenters. The van der Waals surface area contributed by atoms with Crippen LogP contribution in [0.1, 0.15) is 26.3 Å². The van der Waals surface area contributed by atoms with Crippen LogP contribution in [0, 0.1) is 0 Å². The summed E-state index contributed by atoms with van der Waals surface area (Å²) in [4.78, 5) is 15.8. The lowest BCUT2D eigenvalue weighted by Crippen LogP contribution is -2.10. The van der Waals surface area contributed by atoms with E-state index in [-0.39, 0.29) is 11.0 Å². The van der Waals surface area contributed by atoms with E-state index < -0.39 is 0 Å². The first-order chi connectivity index (χ1) is 9.84. The summed E-state index contributed by atoms with van der Waals surface area (Å²) in [5, 5.41) is 5.22. The van der Waals surface area contributed by atoms with Crippen molar-refractivity contribution in [1.29, 1.82) is 0 Å². The first-order valence-electron chi connectivity index (χ1n) is 6.62. The fourth-order valence-corrected chi connectivity index (χ4v) is 2.98. The van der Waals surface area contributed by atoms with Crippen LogP contribution >= 0.6 is 11.3 Å². The summed E-state index contributed by atoms with van der Waals surface area (Å²) in [5.41, 5.74) is 7.82. The number of nitrogen functional groups attached to an aromatic ring is 1. The van der Waals surface area contributed by atoms with Crippen molar-refractivity contribution in [2.75, 3.05) is 5.73 Å². The number of hydrogen-bond donors (Lipinski definition) is 1. The molecule has 0 spiro atoms. The van der Waals surface area contributed by atoms with E-state index in [2.05, 4.69) is 43.0 Å². The van der Waals surface area contributed by atoms with Gasteiger partial charge in [0.25, 0.3) is 5.56 Å². The molecular weight excluding hydrogens is 284 g/mol. The van der Waals surface area contributed by atoms with Crippen molar-refractivity contribution in [1.82, 2.24) is 14.6 Å². The SMILES string of the molecule is CC(C)(C)c1ccc(-c2nn3c(N)cc(=O)nc3s2)cc1. The van der Waals surface area contributed by atoms with Gasteiger partial charge < -0.3 is 5.73 Å². The molecule has 21 heavy (non-hydrogen) atoms. The van der Waals surface area contributed by atoms with Gasteiger partial charge in [-0.2, -0.15) is 14.6 Å². The summed E-state index contributed by atoms with van der Waals surface area (Å²) >= 11 is 1.35. The molecular formula is C15H16N4OS. The minimum absolute atomic E-state index is 0.115. The number of fused-ring (bicyclic) bond motifs is 1. The van der Waals surface area contributed by atoms with Crippen molar-refractivity contribution in [3.63, 3.8) is 0 Å². The number of rotatable bonds is 1. The van der Waals surface area contributed by atoms with Gasteiger partial charge in [0.15, 0.2) is 0 Å². The van der Waals surface area contributed by atoms with Crippen molar-refractivity contribution in [3.05, 3.63) is 46.2 Å². The highest BCUT2D eigenvalue weighted by Gasteiger charge is 2.14.